The number of nitrogens with one attached hydrogen (secondary N) is 1. The second-order valence-electron chi connectivity index (χ2n) is 6.02. The molecule has 0 radical (unpaired) electrons. The number of aromatic nitrogens is 2. The molecule has 1 aromatic carbocycles. The van der Waals surface area contributed by atoms with E-state index in [0.717, 1.165) is 6.54 Å². The summed E-state index contributed by atoms with van der Waals surface area (Å²) in [5, 5.41) is 7.85. The molecule has 0 amide bonds. The summed E-state index contributed by atoms with van der Waals surface area (Å²) < 4.78 is 2.02. The smallest absolute Gasteiger partial charge is 0.0568 e. The number of hydrogen-bond acceptors (Lipinski definition) is 2. The summed E-state index contributed by atoms with van der Waals surface area (Å²) in [7, 11) is 2.01. The van der Waals surface area contributed by atoms with E-state index in [1.807, 2.05) is 24.0 Å². The molecule has 0 saturated carbocycles. The molecule has 0 aliphatic rings. The van der Waals surface area contributed by atoms with Crippen LogP contribution >= 0.6 is 0 Å². The molecule has 3 heteroatoms. The van der Waals surface area contributed by atoms with Crippen LogP contribution in [0.4, 0.5) is 0 Å². The lowest BCUT2D eigenvalue weighted by atomic mass is 9.87. The molecule has 0 aliphatic heterocycles. The maximum atomic E-state index is 4.47. The van der Waals surface area contributed by atoms with Gasteiger partial charge >= 0.3 is 0 Å². The predicted octanol–water partition coefficient (Wildman–Crippen LogP) is 3.18. The number of rotatable bonds is 4. The third kappa shape index (κ3) is 3.44. The molecule has 1 heterocycles. The van der Waals surface area contributed by atoms with Gasteiger partial charge in [0.25, 0.3) is 0 Å². The highest BCUT2D eigenvalue weighted by Gasteiger charge is 2.23. The van der Waals surface area contributed by atoms with Crippen LogP contribution in [0.5, 0.6) is 0 Å². The van der Waals surface area contributed by atoms with E-state index in [2.05, 4.69) is 61.6 Å². The zero-order valence-corrected chi connectivity index (χ0v) is 12.2. The zero-order valence-electron chi connectivity index (χ0n) is 12.2. The number of nitrogens with zero attached hydrogens (tertiary/aromatic N) is 2. The van der Waals surface area contributed by atoms with Gasteiger partial charge in [0.2, 0.25) is 0 Å². The van der Waals surface area contributed by atoms with Crippen molar-refractivity contribution >= 4 is 0 Å². The molecule has 0 spiro atoms. The van der Waals surface area contributed by atoms with Crippen LogP contribution in [0.15, 0.2) is 42.7 Å². The zero-order chi connectivity index (χ0) is 13.9. The van der Waals surface area contributed by atoms with E-state index in [0.29, 0.717) is 6.04 Å². The van der Waals surface area contributed by atoms with E-state index in [1.54, 1.807) is 0 Å². The molecule has 102 valence electrons. The Morgan fingerprint density at radius 1 is 1.16 bits per heavy atom. The summed E-state index contributed by atoms with van der Waals surface area (Å²) in [5.41, 5.74) is 2.60. The molecular weight excluding hydrogens is 234 g/mol. The maximum Gasteiger partial charge on any atom is 0.0568 e. The monoisotopic (exact) mass is 257 g/mol. The molecule has 2 rings (SSSR count). The Bertz CT molecular complexity index is 508. The first-order chi connectivity index (χ1) is 9.00. The van der Waals surface area contributed by atoms with Gasteiger partial charge < -0.3 is 5.32 Å². The second kappa shape index (κ2) is 5.57. The number of benzene rings is 1. The van der Waals surface area contributed by atoms with Crippen LogP contribution in [0.25, 0.3) is 11.1 Å². The third-order valence-corrected chi connectivity index (χ3v) is 3.50. The van der Waals surface area contributed by atoms with E-state index in [9.17, 15) is 0 Å². The minimum Gasteiger partial charge on any atom is -0.315 e. The Hall–Kier alpha value is -1.61. The Morgan fingerprint density at radius 3 is 2.42 bits per heavy atom. The molecular formula is C16H23N3. The average molecular weight is 257 g/mol. The molecule has 0 bridgehead atoms. The molecule has 3 nitrogen and oxygen atoms in total. The molecule has 1 aromatic heterocycles. The van der Waals surface area contributed by atoms with Crippen LogP contribution in [0.2, 0.25) is 0 Å². The summed E-state index contributed by atoms with van der Waals surface area (Å²) in [4.78, 5) is 0. The van der Waals surface area contributed by atoms with E-state index in [4.69, 9.17) is 0 Å². The van der Waals surface area contributed by atoms with Crippen molar-refractivity contribution in [1.82, 2.24) is 15.1 Å². The Balaban J connectivity index is 2.14. The minimum atomic E-state index is 0.216. The molecule has 1 unspecified atom stereocenters. The van der Waals surface area contributed by atoms with Crippen LogP contribution in [0, 0.1) is 5.41 Å². The van der Waals surface area contributed by atoms with Crippen molar-refractivity contribution in [2.24, 2.45) is 5.41 Å². The quantitative estimate of drug-likeness (QED) is 0.911. The van der Waals surface area contributed by atoms with Crippen LogP contribution < -0.4 is 5.32 Å². The van der Waals surface area contributed by atoms with E-state index < -0.39 is 0 Å². The van der Waals surface area contributed by atoms with E-state index >= 15 is 0 Å². The van der Waals surface area contributed by atoms with E-state index in [1.165, 1.54) is 11.1 Å². The third-order valence-electron chi connectivity index (χ3n) is 3.50. The highest BCUT2D eigenvalue weighted by molar-refractivity contribution is 5.61. The molecule has 0 fully saturated rings. The largest absolute Gasteiger partial charge is 0.315 e. The van der Waals surface area contributed by atoms with Crippen molar-refractivity contribution in [3.63, 3.8) is 0 Å². The van der Waals surface area contributed by atoms with Crippen LogP contribution in [-0.2, 0) is 6.54 Å². The van der Waals surface area contributed by atoms with Gasteiger partial charge in [0.05, 0.1) is 12.7 Å². The standard InChI is InChI=1S/C16H23N3/c1-16(2,3)15(17-4)12-19-11-14(10-18-19)13-8-6-5-7-9-13/h5-11,15,17H,12H2,1-4H3. The summed E-state index contributed by atoms with van der Waals surface area (Å²) >= 11 is 0. The van der Waals surface area contributed by atoms with Crippen molar-refractivity contribution in [1.29, 1.82) is 0 Å². The van der Waals surface area contributed by atoms with Gasteiger partial charge in [-0.1, -0.05) is 51.1 Å². The van der Waals surface area contributed by atoms with Crippen LogP contribution in [-0.4, -0.2) is 22.9 Å². The SMILES string of the molecule is CNC(Cn1cc(-c2ccccc2)cn1)C(C)(C)C. The lowest BCUT2D eigenvalue weighted by molar-refractivity contribution is 0.247. The van der Waals surface area contributed by atoms with Gasteiger partial charge in [0.1, 0.15) is 0 Å². The lowest BCUT2D eigenvalue weighted by Crippen LogP contribution is -2.41. The fourth-order valence-corrected chi connectivity index (χ4v) is 2.23. The number of likely N-dealkylation sites (N-methyl/N-ethyl adjacent to an activating group) is 1. The Morgan fingerprint density at radius 2 is 1.84 bits per heavy atom. The second-order valence-corrected chi connectivity index (χ2v) is 6.02. The summed E-state index contributed by atoms with van der Waals surface area (Å²) in [6, 6.07) is 10.8. The minimum absolute atomic E-state index is 0.216. The van der Waals surface area contributed by atoms with Gasteiger partial charge in [-0.3, -0.25) is 4.68 Å². The first-order valence-corrected chi connectivity index (χ1v) is 6.76. The molecule has 0 saturated heterocycles. The average Bonchev–Trinajstić information content (AvgIpc) is 2.84. The van der Waals surface area contributed by atoms with Gasteiger partial charge in [-0.2, -0.15) is 5.10 Å². The normalized spacial score (nSPS) is 13.5. The van der Waals surface area contributed by atoms with Gasteiger partial charge in [-0.05, 0) is 18.0 Å². The first kappa shape index (κ1) is 13.8. The molecule has 0 aliphatic carbocycles. The summed E-state index contributed by atoms with van der Waals surface area (Å²) in [6.45, 7) is 7.62. The van der Waals surface area contributed by atoms with Crippen molar-refractivity contribution in [3.05, 3.63) is 42.7 Å². The fourth-order valence-electron chi connectivity index (χ4n) is 2.23. The van der Waals surface area contributed by atoms with Crippen LogP contribution in [0.1, 0.15) is 20.8 Å². The highest BCUT2D eigenvalue weighted by atomic mass is 15.3. The topological polar surface area (TPSA) is 29.9 Å². The van der Waals surface area contributed by atoms with Crippen molar-refractivity contribution in [3.8, 4) is 11.1 Å². The highest BCUT2D eigenvalue weighted by Crippen LogP contribution is 2.22. The van der Waals surface area contributed by atoms with Gasteiger partial charge in [0, 0.05) is 17.8 Å². The predicted molar refractivity (Wildman–Crippen MR) is 80.0 cm³/mol. The van der Waals surface area contributed by atoms with Gasteiger partial charge in [-0.15, -0.1) is 0 Å². The summed E-state index contributed by atoms with van der Waals surface area (Å²) in [5.74, 6) is 0. The Labute approximate surface area is 115 Å². The van der Waals surface area contributed by atoms with E-state index in [-0.39, 0.29) is 5.41 Å². The van der Waals surface area contributed by atoms with Gasteiger partial charge in [0.15, 0.2) is 0 Å². The molecule has 19 heavy (non-hydrogen) atoms. The molecule has 1 N–H and O–H groups in total. The Kier molecular flexibility index (Phi) is 4.05. The first-order valence-electron chi connectivity index (χ1n) is 6.76. The van der Waals surface area contributed by atoms with Crippen LogP contribution in [0.3, 0.4) is 0 Å². The molecule has 1 atom stereocenters. The van der Waals surface area contributed by atoms with Crippen molar-refractivity contribution in [2.45, 2.75) is 33.4 Å². The summed E-state index contributed by atoms with van der Waals surface area (Å²) in [6.07, 6.45) is 4.05. The lowest BCUT2D eigenvalue weighted by Gasteiger charge is -2.30. The maximum absolute atomic E-state index is 4.47. The fraction of sp³-hybridized carbons (Fsp3) is 0.438. The number of hydrogen-bond donors (Lipinski definition) is 1. The van der Waals surface area contributed by atoms with Crippen molar-refractivity contribution in [2.75, 3.05) is 7.05 Å². The van der Waals surface area contributed by atoms with Gasteiger partial charge in [-0.25, -0.2) is 0 Å². The van der Waals surface area contributed by atoms with Crippen molar-refractivity contribution < 1.29 is 0 Å². The molecule has 2 aromatic rings.